The zero-order chi connectivity index (χ0) is 18.4. The van der Waals surface area contributed by atoms with Crippen LogP contribution in [0.3, 0.4) is 0 Å². The van der Waals surface area contributed by atoms with Gasteiger partial charge < -0.3 is 14.2 Å². The van der Waals surface area contributed by atoms with E-state index in [1.807, 2.05) is 32.0 Å². The first kappa shape index (κ1) is 18.4. The summed E-state index contributed by atoms with van der Waals surface area (Å²) < 4.78 is 16.9. The molecule has 0 saturated carbocycles. The minimum Gasteiger partial charge on any atom is -0.437 e. The largest absolute Gasteiger partial charge is 0.511 e. The van der Waals surface area contributed by atoms with Crippen LogP contribution in [0.1, 0.15) is 30.5 Å². The van der Waals surface area contributed by atoms with Gasteiger partial charge in [-0.15, -0.1) is 0 Å². The molecule has 0 aliphatic rings. The maximum Gasteiger partial charge on any atom is 0.511 e. The van der Waals surface area contributed by atoms with Gasteiger partial charge >= 0.3 is 6.16 Å². The topological polar surface area (TPSA) is 101 Å². The van der Waals surface area contributed by atoms with Crippen molar-refractivity contribution in [3.8, 4) is 0 Å². The maximum atomic E-state index is 11.5. The third kappa shape index (κ3) is 5.00. The van der Waals surface area contributed by atoms with Gasteiger partial charge in [-0.25, -0.2) is 9.48 Å². The highest BCUT2D eigenvalue weighted by atomic mass is 16.8. The highest BCUT2D eigenvalue weighted by Gasteiger charge is 2.18. The molecule has 0 fully saturated rings. The van der Waals surface area contributed by atoms with Crippen molar-refractivity contribution in [2.75, 3.05) is 6.61 Å². The van der Waals surface area contributed by atoms with E-state index in [4.69, 9.17) is 14.2 Å². The molecule has 1 aromatic carbocycles. The highest BCUT2D eigenvalue weighted by Crippen LogP contribution is 2.17. The number of rotatable bonds is 5. The lowest BCUT2D eigenvalue weighted by Crippen LogP contribution is -2.23. The molecule has 1 atom stereocenters. The van der Waals surface area contributed by atoms with E-state index in [0.29, 0.717) is 0 Å². The lowest BCUT2D eigenvalue weighted by molar-refractivity contribution is -0.0582. The zero-order valence-electron chi connectivity index (χ0n) is 14.9. The molecule has 9 heteroatoms. The van der Waals surface area contributed by atoms with E-state index >= 15 is 0 Å². The Labute approximate surface area is 145 Å². The second kappa shape index (κ2) is 8.22. The molecule has 2 aromatic rings. The average Bonchev–Trinajstić information content (AvgIpc) is 2.92. The maximum absolute atomic E-state index is 11.5. The predicted molar refractivity (Wildman–Crippen MR) is 89.6 cm³/mol. The molecular formula is C16H21N5O4. The number of hydrogen-bond acceptors (Lipinski definition) is 8. The van der Waals surface area contributed by atoms with Gasteiger partial charge in [-0.05, 0) is 42.8 Å². The molecule has 0 amide bonds. The average molecular weight is 347 g/mol. The summed E-state index contributed by atoms with van der Waals surface area (Å²) in [5, 5.41) is 11.1. The number of aromatic nitrogens is 4. The van der Waals surface area contributed by atoms with Gasteiger partial charge in [0.05, 0.1) is 6.61 Å². The number of carbonyl (C=O) groups is 1. The Balaban J connectivity index is 2.31. The smallest absolute Gasteiger partial charge is 0.437 e. The molecule has 25 heavy (non-hydrogen) atoms. The fourth-order valence-corrected chi connectivity index (χ4v) is 2.08. The number of tetrazole rings is 1. The lowest BCUT2D eigenvalue weighted by Gasteiger charge is -2.17. The standard InChI is InChI=1S/C16H21N5O4/c1-6-23-16(22)25-12(4)24-14(17-15-18-19-20-21(15)5)13-8-7-10(2)9-11(13)3/h7-9,12H,6H2,1-5H3. The van der Waals surface area contributed by atoms with Gasteiger partial charge in [0.2, 0.25) is 12.2 Å². The third-order valence-electron chi connectivity index (χ3n) is 3.21. The number of ether oxygens (including phenoxy) is 3. The van der Waals surface area contributed by atoms with E-state index in [9.17, 15) is 4.79 Å². The quantitative estimate of drug-likeness (QED) is 0.354. The summed E-state index contributed by atoms with van der Waals surface area (Å²) in [6, 6.07) is 5.82. The Morgan fingerprint density at radius 1 is 1.32 bits per heavy atom. The van der Waals surface area contributed by atoms with Crippen molar-refractivity contribution in [1.29, 1.82) is 0 Å². The molecule has 2 rings (SSSR count). The van der Waals surface area contributed by atoms with Crippen LogP contribution < -0.4 is 0 Å². The summed E-state index contributed by atoms with van der Waals surface area (Å²) in [5.41, 5.74) is 2.81. The number of hydrogen-bond donors (Lipinski definition) is 0. The van der Waals surface area contributed by atoms with E-state index in [-0.39, 0.29) is 18.5 Å². The summed E-state index contributed by atoms with van der Waals surface area (Å²) in [5.74, 6) is 0.505. The highest BCUT2D eigenvalue weighted by molar-refractivity contribution is 5.96. The lowest BCUT2D eigenvalue weighted by atomic mass is 10.1. The molecule has 0 bridgehead atoms. The first-order valence-electron chi connectivity index (χ1n) is 7.79. The normalized spacial score (nSPS) is 12.6. The Bertz CT molecular complexity index is 772. The molecule has 0 aliphatic heterocycles. The first-order valence-corrected chi connectivity index (χ1v) is 7.79. The molecule has 0 radical (unpaired) electrons. The Morgan fingerprint density at radius 2 is 2.08 bits per heavy atom. The van der Waals surface area contributed by atoms with E-state index in [1.54, 1.807) is 20.9 Å². The Morgan fingerprint density at radius 3 is 2.68 bits per heavy atom. The van der Waals surface area contributed by atoms with Crippen molar-refractivity contribution in [1.82, 2.24) is 20.2 Å². The first-order chi connectivity index (χ1) is 11.9. The second-order valence-electron chi connectivity index (χ2n) is 5.32. The summed E-state index contributed by atoms with van der Waals surface area (Å²) in [6.45, 7) is 7.41. The fourth-order valence-electron chi connectivity index (χ4n) is 2.08. The van der Waals surface area contributed by atoms with E-state index in [0.717, 1.165) is 16.7 Å². The zero-order valence-corrected chi connectivity index (χ0v) is 14.9. The van der Waals surface area contributed by atoms with Gasteiger partial charge in [-0.3, -0.25) is 0 Å². The van der Waals surface area contributed by atoms with Crippen molar-refractivity contribution < 1.29 is 19.0 Å². The molecule has 1 unspecified atom stereocenters. The van der Waals surface area contributed by atoms with Crippen molar-refractivity contribution in [2.24, 2.45) is 12.0 Å². The van der Waals surface area contributed by atoms with Gasteiger partial charge in [0.25, 0.3) is 5.95 Å². The third-order valence-corrected chi connectivity index (χ3v) is 3.21. The van der Waals surface area contributed by atoms with E-state index in [2.05, 4.69) is 20.5 Å². The fraction of sp³-hybridized carbons (Fsp3) is 0.438. The molecule has 9 nitrogen and oxygen atoms in total. The van der Waals surface area contributed by atoms with Crippen LogP contribution in [0.2, 0.25) is 0 Å². The molecular weight excluding hydrogens is 326 g/mol. The van der Waals surface area contributed by atoms with Crippen LogP contribution in [0, 0.1) is 13.8 Å². The minimum absolute atomic E-state index is 0.216. The SMILES string of the molecule is CCOC(=O)OC(C)OC(=Nc1nnnn1C)c1ccc(C)cc1C. The molecule has 1 heterocycles. The van der Waals surface area contributed by atoms with Crippen LogP contribution in [-0.2, 0) is 21.3 Å². The summed E-state index contributed by atoms with van der Waals surface area (Å²) >= 11 is 0. The van der Waals surface area contributed by atoms with Gasteiger partial charge in [0.1, 0.15) is 0 Å². The van der Waals surface area contributed by atoms with Crippen LogP contribution >= 0.6 is 0 Å². The van der Waals surface area contributed by atoms with Gasteiger partial charge in [0.15, 0.2) is 0 Å². The predicted octanol–water partition coefficient (Wildman–Crippen LogP) is 2.44. The number of carbonyl (C=O) groups excluding carboxylic acids is 1. The van der Waals surface area contributed by atoms with Crippen LogP contribution in [0.4, 0.5) is 10.7 Å². The number of benzene rings is 1. The minimum atomic E-state index is -0.903. The van der Waals surface area contributed by atoms with Crippen molar-refractivity contribution in [3.05, 3.63) is 34.9 Å². The molecule has 134 valence electrons. The van der Waals surface area contributed by atoms with Crippen LogP contribution in [0.15, 0.2) is 23.2 Å². The van der Waals surface area contributed by atoms with Crippen LogP contribution in [0.25, 0.3) is 0 Å². The van der Waals surface area contributed by atoms with Gasteiger partial charge in [0, 0.05) is 19.5 Å². The van der Waals surface area contributed by atoms with Crippen LogP contribution in [-0.4, -0.2) is 45.2 Å². The summed E-state index contributed by atoms with van der Waals surface area (Å²) in [7, 11) is 1.66. The van der Waals surface area contributed by atoms with Crippen molar-refractivity contribution in [2.45, 2.75) is 34.0 Å². The molecule has 1 aromatic heterocycles. The van der Waals surface area contributed by atoms with E-state index < -0.39 is 12.4 Å². The number of nitrogens with zero attached hydrogens (tertiary/aromatic N) is 5. The van der Waals surface area contributed by atoms with Gasteiger partial charge in [-0.2, -0.15) is 4.99 Å². The number of aryl methyl sites for hydroxylation is 3. The molecule has 0 aliphatic carbocycles. The second-order valence-corrected chi connectivity index (χ2v) is 5.32. The molecule has 0 N–H and O–H groups in total. The van der Waals surface area contributed by atoms with Gasteiger partial charge in [-0.1, -0.05) is 22.8 Å². The van der Waals surface area contributed by atoms with Crippen molar-refractivity contribution in [3.63, 3.8) is 0 Å². The number of aliphatic imine (C=N–C) groups is 1. The van der Waals surface area contributed by atoms with Crippen molar-refractivity contribution >= 4 is 18.0 Å². The summed E-state index contributed by atoms with van der Waals surface area (Å²) in [6.07, 6.45) is -1.71. The van der Waals surface area contributed by atoms with Crippen LogP contribution in [0.5, 0.6) is 0 Å². The Kier molecular flexibility index (Phi) is 6.04. The molecule has 0 spiro atoms. The Hall–Kier alpha value is -2.97. The summed E-state index contributed by atoms with van der Waals surface area (Å²) in [4.78, 5) is 15.8. The monoisotopic (exact) mass is 347 g/mol. The van der Waals surface area contributed by atoms with E-state index in [1.165, 1.54) is 4.68 Å². The molecule has 0 saturated heterocycles.